The molecule has 0 saturated heterocycles. The van der Waals surface area contributed by atoms with Crippen molar-refractivity contribution in [1.82, 2.24) is 14.9 Å². The number of carbonyl (C=O) groups is 1. The smallest absolute Gasteiger partial charge is 0.263 e. The normalized spacial score (nSPS) is 29.5. The molecule has 0 unspecified atom stereocenters. The van der Waals surface area contributed by atoms with E-state index in [1.807, 2.05) is 13.8 Å². The Morgan fingerprint density at radius 3 is 2.50 bits per heavy atom. The lowest BCUT2D eigenvalue weighted by Crippen LogP contribution is -2.60. The van der Waals surface area contributed by atoms with Crippen LogP contribution in [-0.2, 0) is 11.3 Å². The van der Waals surface area contributed by atoms with E-state index in [9.17, 15) is 9.59 Å². The minimum Gasteiger partial charge on any atom is -0.350 e. The summed E-state index contributed by atoms with van der Waals surface area (Å²) in [5.41, 5.74) is 0.985. The van der Waals surface area contributed by atoms with Crippen LogP contribution >= 0.6 is 23.1 Å². The Labute approximate surface area is 185 Å². The zero-order valence-corrected chi connectivity index (χ0v) is 19.3. The predicted octanol–water partition coefficient (Wildman–Crippen LogP) is 4.44. The summed E-state index contributed by atoms with van der Waals surface area (Å²) in [6, 6.07) is 0. The van der Waals surface area contributed by atoms with Gasteiger partial charge in [0, 0.05) is 17.0 Å². The van der Waals surface area contributed by atoms with E-state index in [-0.39, 0.29) is 17.0 Å². The number of thiophene rings is 1. The molecule has 5 nitrogen and oxygen atoms in total. The summed E-state index contributed by atoms with van der Waals surface area (Å²) in [6.45, 7) is 8.18. The Hall–Kier alpha value is -1.60. The number of carbonyl (C=O) groups excluding carboxylic acids is 1. The Morgan fingerprint density at radius 1 is 1.27 bits per heavy atom. The molecule has 2 aromatic rings. The number of hydrogen-bond donors (Lipinski definition) is 1. The van der Waals surface area contributed by atoms with Gasteiger partial charge in [0.05, 0.1) is 11.1 Å². The molecule has 2 heterocycles. The fraction of sp³-hybridized carbons (Fsp3) is 0.609. The highest BCUT2D eigenvalue weighted by atomic mass is 32.2. The number of allylic oxidation sites excluding steroid dienone is 1. The maximum absolute atomic E-state index is 13.1. The van der Waals surface area contributed by atoms with E-state index in [1.165, 1.54) is 31.0 Å². The van der Waals surface area contributed by atoms with Crippen LogP contribution in [-0.4, -0.2) is 26.8 Å². The zero-order chi connectivity index (χ0) is 21.0. The molecule has 0 atom stereocenters. The summed E-state index contributed by atoms with van der Waals surface area (Å²) >= 11 is 2.91. The Morgan fingerprint density at radius 2 is 1.90 bits per heavy atom. The lowest BCUT2D eigenvalue weighted by atomic mass is 9.53. The van der Waals surface area contributed by atoms with Gasteiger partial charge in [-0.1, -0.05) is 17.8 Å². The van der Waals surface area contributed by atoms with Gasteiger partial charge in [-0.2, -0.15) is 0 Å². The predicted molar refractivity (Wildman–Crippen MR) is 123 cm³/mol. The topological polar surface area (TPSA) is 64.0 Å². The molecule has 1 N–H and O–H groups in total. The number of amides is 1. The molecular formula is C23H29N3O2S2. The average molecular weight is 444 g/mol. The van der Waals surface area contributed by atoms with Crippen LogP contribution in [0.3, 0.4) is 0 Å². The first-order valence-corrected chi connectivity index (χ1v) is 12.7. The number of thioether (sulfide) groups is 1. The highest BCUT2D eigenvalue weighted by Gasteiger charge is 2.51. The third kappa shape index (κ3) is 3.44. The van der Waals surface area contributed by atoms with E-state index in [2.05, 4.69) is 11.9 Å². The Kier molecular flexibility index (Phi) is 5.09. The van der Waals surface area contributed by atoms with Gasteiger partial charge in [0.2, 0.25) is 5.91 Å². The summed E-state index contributed by atoms with van der Waals surface area (Å²) in [6.07, 6.45) is 9.24. The van der Waals surface area contributed by atoms with E-state index >= 15 is 0 Å². The molecular weight excluding hydrogens is 414 g/mol. The fourth-order valence-corrected chi connectivity index (χ4v) is 8.31. The third-order valence-electron chi connectivity index (χ3n) is 7.34. The van der Waals surface area contributed by atoms with Crippen molar-refractivity contribution >= 4 is 39.2 Å². The SMILES string of the molecule is C=CCn1c(SCC(=O)NC23CC4CC(CC(C4)C2)C3)nc2sc(C)c(C)c2c1=O. The van der Waals surface area contributed by atoms with Gasteiger partial charge in [-0.3, -0.25) is 14.2 Å². The van der Waals surface area contributed by atoms with E-state index in [1.54, 1.807) is 22.0 Å². The largest absolute Gasteiger partial charge is 0.350 e. The molecule has 4 bridgehead atoms. The molecule has 160 valence electrons. The number of rotatable bonds is 6. The molecule has 1 amide bonds. The standard InChI is InChI=1S/C23H29N3O2S2/c1-4-5-26-21(28)19-13(2)14(3)30-20(19)24-22(26)29-12-18(27)25-23-9-15-6-16(10-23)8-17(7-15)11-23/h4,15-17H,1,5-12H2,2-3H3,(H,25,27). The van der Waals surface area contributed by atoms with Gasteiger partial charge in [-0.25, -0.2) is 4.98 Å². The molecule has 4 aliphatic carbocycles. The molecule has 2 aromatic heterocycles. The number of nitrogens with one attached hydrogen (secondary N) is 1. The van der Waals surface area contributed by atoms with Gasteiger partial charge in [0.1, 0.15) is 4.83 Å². The molecule has 0 aromatic carbocycles. The van der Waals surface area contributed by atoms with E-state index in [0.29, 0.717) is 22.8 Å². The van der Waals surface area contributed by atoms with Crippen molar-refractivity contribution in [1.29, 1.82) is 0 Å². The van der Waals surface area contributed by atoms with Crippen molar-refractivity contribution < 1.29 is 4.79 Å². The number of nitrogens with zero attached hydrogens (tertiary/aromatic N) is 2. The van der Waals surface area contributed by atoms with Crippen LogP contribution < -0.4 is 10.9 Å². The molecule has 4 fully saturated rings. The van der Waals surface area contributed by atoms with Crippen molar-refractivity contribution in [3.63, 3.8) is 0 Å². The molecule has 0 spiro atoms. The van der Waals surface area contributed by atoms with E-state index < -0.39 is 0 Å². The fourth-order valence-electron chi connectivity index (χ4n) is 6.43. The summed E-state index contributed by atoms with van der Waals surface area (Å²) in [7, 11) is 0. The Bertz CT molecular complexity index is 1050. The lowest BCUT2D eigenvalue weighted by Gasteiger charge is -2.56. The summed E-state index contributed by atoms with van der Waals surface area (Å²) in [4.78, 5) is 32.6. The average Bonchev–Trinajstić information content (AvgIpc) is 2.95. The first kappa shape index (κ1) is 20.3. The second-order valence-corrected chi connectivity index (χ2v) is 11.7. The van der Waals surface area contributed by atoms with Crippen LogP contribution in [0.15, 0.2) is 22.6 Å². The molecule has 7 heteroatoms. The van der Waals surface area contributed by atoms with Crippen LogP contribution in [0.25, 0.3) is 10.2 Å². The molecule has 30 heavy (non-hydrogen) atoms. The maximum Gasteiger partial charge on any atom is 0.263 e. The minimum atomic E-state index is -0.0363. The number of hydrogen-bond acceptors (Lipinski definition) is 5. The van der Waals surface area contributed by atoms with Crippen LogP contribution in [0, 0.1) is 31.6 Å². The lowest BCUT2D eigenvalue weighted by molar-refractivity contribution is -0.124. The van der Waals surface area contributed by atoms with Crippen LogP contribution in [0.2, 0.25) is 0 Å². The van der Waals surface area contributed by atoms with Crippen LogP contribution in [0.4, 0.5) is 0 Å². The van der Waals surface area contributed by atoms with Crippen LogP contribution in [0.1, 0.15) is 49.0 Å². The number of fused-ring (bicyclic) bond motifs is 1. The number of aromatic nitrogens is 2. The van der Waals surface area contributed by atoms with Gasteiger partial charge >= 0.3 is 0 Å². The summed E-state index contributed by atoms with van der Waals surface area (Å²) in [5.74, 6) is 2.77. The minimum absolute atomic E-state index is 0.0204. The number of aryl methyl sites for hydroxylation is 2. The molecule has 4 saturated carbocycles. The summed E-state index contributed by atoms with van der Waals surface area (Å²) in [5, 5.41) is 4.72. The van der Waals surface area contributed by atoms with Crippen molar-refractivity contribution in [2.45, 2.75) is 69.6 Å². The quantitative estimate of drug-likeness (QED) is 0.407. The van der Waals surface area contributed by atoms with Crippen molar-refractivity contribution in [2.24, 2.45) is 17.8 Å². The molecule has 0 aliphatic heterocycles. The maximum atomic E-state index is 13.1. The van der Waals surface area contributed by atoms with Gasteiger partial charge in [-0.15, -0.1) is 17.9 Å². The monoisotopic (exact) mass is 443 g/mol. The van der Waals surface area contributed by atoms with E-state index in [0.717, 1.165) is 52.3 Å². The second kappa shape index (κ2) is 7.52. The highest BCUT2D eigenvalue weighted by molar-refractivity contribution is 7.99. The van der Waals surface area contributed by atoms with Gasteiger partial charge in [0.15, 0.2) is 5.16 Å². The third-order valence-corrected chi connectivity index (χ3v) is 9.42. The van der Waals surface area contributed by atoms with Crippen molar-refractivity contribution in [3.05, 3.63) is 33.4 Å². The van der Waals surface area contributed by atoms with Crippen molar-refractivity contribution in [2.75, 3.05) is 5.75 Å². The first-order valence-electron chi connectivity index (χ1n) is 10.9. The molecule has 0 radical (unpaired) electrons. The van der Waals surface area contributed by atoms with Crippen LogP contribution in [0.5, 0.6) is 0 Å². The highest BCUT2D eigenvalue weighted by Crippen LogP contribution is 2.55. The Balaban J connectivity index is 1.34. The first-order chi connectivity index (χ1) is 14.4. The van der Waals surface area contributed by atoms with Crippen molar-refractivity contribution in [3.8, 4) is 0 Å². The van der Waals surface area contributed by atoms with Gasteiger partial charge in [-0.05, 0) is 75.7 Å². The second-order valence-electron chi connectivity index (χ2n) is 9.60. The molecule has 6 rings (SSSR count). The van der Waals surface area contributed by atoms with Gasteiger partial charge < -0.3 is 5.32 Å². The van der Waals surface area contributed by atoms with Gasteiger partial charge in [0.25, 0.3) is 5.56 Å². The zero-order valence-electron chi connectivity index (χ0n) is 17.7. The summed E-state index contributed by atoms with van der Waals surface area (Å²) < 4.78 is 1.65. The molecule has 4 aliphatic rings. The van der Waals surface area contributed by atoms with E-state index in [4.69, 9.17) is 4.98 Å².